The third kappa shape index (κ3) is 1.39. The molecular formula is C9H7NO. The van der Waals surface area contributed by atoms with E-state index in [2.05, 4.69) is 6.58 Å². The van der Waals surface area contributed by atoms with Crippen molar-refractivity contribution in [1.29, 1.82) is 5.26 Å². The van der Waals surface area contributed by atoms with Crippen molar-refractivity contribution >= 4 is 6.08 Å². The number of phenols is 1. The molecule has 0 fully saturated rings. The maximum Gasteiger partial charge on any atom is 0.133 e. The number of phenolic OH excluding ortho intramolecular Hbond substituents is 1. The van der Waals surface area contributed by atoms with Gasteiger partial charge >= 0.3 is 0 Å². The summed E-state index contributed by atoms with van der Waals surface area (Å²) >= 11 is 0. The van der Waals surface area contributed by atoms with Gasteiger partial charge in [-0.3, -0.25) is 0 Å². The van der Waals surface area contributed by atoms with E-state index in [1.54, 1.807) is 18.2 Å². The van der Waals surface area contributed by atoms with Gasteiger partial charge in [-0.15, -0.1) is 0 Å². The van der Waals surface area contributed by atoms with Gasteiger partial charge in [-0.05, 0) is 17.7 Å². The molecule has 0 spiro atoms. The highest BCUT2D eigenvalue weighted by molar-refractivity contribution is 5.54. The molecule has 2 heteroatoms. The number of benzene rings is 1. The van der Waals surface area contributed by atoms with Crippen LogP contribution in [0.25, 0.3) is 6.08 Å². The highest BCUT2D eigenvalue weighted by atomic mass is 16.3. The van der Waals surface area contributed by atoms with Crippen LogP contribution < -0.4 is 0 Å². The van der Waals surface area contributed by atoms with E-state index in [4.69, 9.17) is 10.4 Å². The largest absolute Gasteiger partial charge is 0.507 e. The minimum Gasteiger partial charge on any atom is -0.507 e. The number of rotatable bonds is 1. The minimum absolute atomic E-state index is 0.00454. The van der Waals surface area contributed by atoms with Crippen molar-refractivity contribution in [2.24, 2.45) is 0 Å². The molecule has 0 aromatic heterocycles. The molecule has 0 aliphatic carbocycles. The first kappa shape index (κ1) is 7.36. The molecule has 11 heavy (non-hydrogen) atoms. The second-order valence-electron chi connectivity index (χ2n) is 2.09. The van der Waals surface area contributed by atoms with Gasteiger partial charge < -0.3 is 5.11 Å². The van der Waals surface area contributed by atoms with Crippen LogP contribution in [-0.4, -0.2) is 5.11 Å². The number of nitriles is 1. The molecule has 1 aromatic carbocycles. The maximum atomic E-state index is 9.15. The van der Waals surface area contributed by atoms with Crippen LogP contribution in [-0.2, 0) is 0 Å². The van der Waals surface area contributed by atoms with Crippen molar-refractivity contribution < 1.29 is 5.11 Å². The lowest BCUT2D eigenvalue weighted by molar-refractivity contribution is 0.473. The Morgan fingerprint density at radius 3 is 2.73 bits per heavy atom. The summed E-state index contributed by atoms with van der Waals surface area (Å²) in [4.78, 5) is 0. The lowest BCUT2D eigenvalue weighted by Gasteiger charge is -1.96. The molecule has 0 aliphatic rings. The van der Waals surface area contributed by atoms with Crippen LogP contribution in [0.15, 0.2) is 24.8 Å². The average Bonchev–Trinajstić information content (AvgIpc) is 2.04. The van der Waals surface area contributed by atoms with Gasteiger partial charge in [0.1, 0.15) is 11.8 Å². The smallest absolute Gasteiger partial charge is 0.133 e. The fourth-order valence-corrected chi connectivity index (χ4v) is 0.770. The molecular weight excluding hydrogens is 138 g/mol. The third-order valence-electron chi connectivity index (χ3n) is 1.38. The minimum atomic E-state index is 0.00454. The Balaban J connectivity index is 3.22. The van der Waals surface area contributed by atoms with Gasteiger partial charge in [-0.2, -0.15) is 5.26 Å². The second kappa shape index (κ2) is 2.89. The van der Waals surface area contributed by atoms with Gasteiger partial charge in [-0.1, -0.05) is 18.7 Å². The molecule has 54 valence electrons. The Labute approximate surface area is 65.0 Å². The molecule has 0 heterocycles. The van der Waals surface area contributed by atoms with E-state index in [0.29, 0.717) is 0 Å². The van der Waals surface area contributed by atoms with E-state index in [1.165, 1.54) is 6.07 Å². The molecule has 1 aromatic rings. The van der Waals surface area contributed by atoms with Crippen LogP contribution in [0.2, 0.25) is 0 Å². The van der Waals surface area contributed by atoms with E-state index in [0.717, 1.165) is 5.56 Å². The fraction of sp³-hybridized carbons (Fsp3) is 0. The Morgan fingerprint density at radius 1 is 1.55 bits per heavy atom. The zero-order valence-corrected chi connectivity index (χ0v) is 5.91. The van der Waals surface area contributed by atoms with Crippen LogP contribution in [0.5, 0.6) is 5.75 Å². The van der Waals surface area contributed by atoms with Gasteiger partial charge in [0.05, 0.1) is 5.56 Å². The summed E-state index contributed by atoms with van der Waals surface area (Å²) in [7, 11) is 0. The first-order valence-electron chi connectivity index (χ1n) is 3.13. The van der Waals surface area contributed by atoms with Crippen molar-refractivity contribution in [2.45, 2.75) is 0 Å². The monoisotopic (exact) mass is 145 g/mol. The van der Waals surface area contributed by atoms with E-state index in [-0.39, 0.29) is 11.3 Å². The van der Waals surface area contributed by atoms with Crippen molar-refractivity contribution in [3.8, 4) is 11.8 Å². The Bertz CT molecular complexity index is 323. The van der Waals surface area contributed by atoms with E-state index in [9.17, 15) is 0 Å². The first-order valence-corrected chi connectivity index (χ1v) is 3.13. The SMILES string of the molecule is C=Cc1ccc(C#N)c(O)c1. The molecule has 0 amide bonds. The Morgan fingerprint density at radius 2 is 2.27 bits per heavy atom. The van der Waals surface area contributed by atoms with Crippen LogP contribution in [0.3, 0.4) is 0 Å². The number of nitrogens with zero attached hydrogens (tertiary/aromatic N) is 1. The van der Waals surface area contributed by atoms with Crippen LogP contribution in [0.4, 0.5) is 0 Å². The molecule has 1 rings (SSSR count). The summed E-state index contributed by atoms with van der Waals surface area (Å²) in [6.07, 6.45) is 1.61. The van der Waals surface area contributed by atoms with Crippen LogP contribution in [0.1, 0.15) is 11.1 Å². The highest BCUT2D eigenvalue weighted by Gasteiger charge is 1.97. The maximum absolute atomic E-state index is 9.15. The van der Waals surface area contributed by atoms with Crippen LogP contribution in [0, 0.1) is 11.3 Å². The molecule has 1 N–H and O–H groups in total. The lowest BCUT2D eigenvalue weighted by atomic mass is 10.1. The second-order valence-corrected chi connectivity index (χ2v) is 2.09. The summed E-state index contributed by atoms with van der Waals surface area (Å²) in [6, 6.07) is 6.66. The molecule has 0 bridgehead atoms. The number of aromatic hydroxyl groups is 1. The number of hydrogen-bond donors (Lipinski definition) is 1. The first-order chi connectivity index (χ1) is 5.27. The van der Waals surface area contributed by atoms with E-state index in [1.807, 2.05) is 6.07 Å². The third-order valence-corrected chi connectivity index (χ3v) is 1.38. The van der Waals surface area contributed by atoms with E-state index >= 15 is 0 Å². The summed E-state index contributed by atoms with van der Waals surface area (Å²) in [5.41, 5.74) is 1.09. The molecule has 0 aliphatic heterocycles. The zero-order valence-electron chi connectivity index (χ0n) is 5.91. The van der Waals surface area contributed by atoms with Gasteiger partial charge in [0.2, 0.25) is 0 Å². The summed E-state index contributed by atoms with van der Waals surface area (Å²) < 4.78 is 0. The van der Waals surface area contributed by atoms with Gasteiger partial charge in [-0.25, -0.2) is 0 Å². The normalized spacial score (nSPS) is 8.64. The molecule has 0 unspecified atom stereocenters. The molecule has 0 radical (unpaired) electrons. The van der Waals surface area contributed by atoms with Crippen molar-refractivity contribution in [3.63, 3.8) is 0 Å². The Hall–Kier alpha value is -1.75. The quantitative estimate of drug-likeness (QED) is 0.655. The standard InChI is InChI=1S/C9H7NO/c1-2-7-3-4-8(6-10)9(11)5-7/h2-5,11H,1H2. The predicted molar refractivity (Wildman–Crippen MR) is 42.9 cm³/mol. The fourth-order valence-electron chi connectivity index (χ4n) is 0.770. The van der Waals surface area contributed by atoms with Gasteiger partial charge in [0.25, 0.3) is 0 Å². The number of hydrogen-bond acceptors (Lipinski definition) is 2. The van der Waals surface area contributed by atoms with Crippen molar-refractivity contribution in [2.75, 3.05) is 0 Å². The zero-order chi connectivity index (χ0) is 8.27. The van der Waals surface area contributed by atoms with E-state index < -0.39 is 0 Å². The topological polar surface area (TPSA) is 44.0 Å². The molecule has 0 atom stereocenters. The van der Waals surface area contributed by atoms with Gasteiger partial charge in [0.15, 0.2) is 0 Å². The summed E-state index contributed by atoms with van der Waals surface area (Å²) in [5, 5.41) is 17.6. The van der Waals surface area contributed by atoms with Crippen molar-refractivity contribution in [3.05, 3.63) is 35.9 Å². The summed E-state index contributed by atoms with van der Waals surface area (Å²) in [5.74, 6) is 0.00454. The van der Waals surface area contributed by atoms with Crippen LogP contribution >= 0.6 is 0 Å². The average molecular weight is 145 g/mol. The summed E-state index contributed by atoms with van der Waals surface area (Å²) in [6.45, 7) is 3.53. The highest BCUT2D eigenvalue weighted by Crippen LogP contribution is 2.17. The van der Waals surface area contributed by atoms with Gasteiger partial charge in [0, 0.05) is 0 Å². The molecule has 0 saturated heterocycles. The van der Waals surface area contributed by atoms with Crippen molar-refractivity contribution in [1.82, 2.24) is 0 Å². The predicted octanol–water partition coefficient (Wildman–Crippen LogP) is 1.91. The molecule has 0 saturated carbocycles. The lowest BCUT2D eigenvalue weighted by Crippen LogP contribution is -1.77. The Kier molecular flexibility index (Phi) is 1.93. The molecule has 2 nitrogen and oxygen atoms in total.